The van der Waals surface area contributed by atoms with Crippen LogP contribution >= 0.6 is 24.4 Å². The maximum atomic E-state index is 12.9. The Bertz CT molecular complexity index is 666. The molecule has 0 saturated heterocycles. The number of carboxylic acids is 1. The minimum atomic E-state index is -1.35. The van der Waals surface area contributed by atoms with Crippen molar-refractivity contribution in [3.05, 3.63) is 0 Å². The van der Waals surface area contributed by atoms with Gasteiger partial charge in [-0.2, -0.15) is 24.4 Å². The number of carbonyl (C=O) groups is 5. The van der Waals surface area contributed by atoms with Crippen LogP contribution in [0.4, 0.5) is 0 Å². The molecule has 32 heavy (non-hydrogen) atoms. The molecular formula is C19H35N5O6S2. The van der Waals surface area contributed by atoms with Gasteiger partial charge in [0.05, 0.1) is 6.04 Å². The average molecular weight is 494 g/mol. The van der Waals surface area contributed by atoms with Crippen LogP contribution in [0.15, 0.2) is 0 Å². The molecule has 0 aromatic heterocycles. The highest BCUT2D eigenvalue weighted by molar-refractivity contribution is 7.98. The second-order valence-corrected chi connectivity index (χ2v) is 8.76. The Labute approximate surface area is 198 Å². The second kappa shape index (κ2) is 15.8. The Hall–Kier alpha value is -1.99. The summed E-state index contributed by atoms with van der Waals surface area (Å²) in [6.45, 7) is 3.63. The summed E-state index contributed by atoms with van der Waals surface area (Å²) in [4.78, 5) is 60.0. The molecule has 0 radical (unpaired) electrons. The highest BCUT2D eigenvalue weighted by Gasteiger charge is 2.32. The Morgan fingerprint density at radius 2 is 1.59 bits per heavy atom. The number of hydrogen-bond acceptors (Lipinski definition) is 8. The van der Waals surface area contributed by atoms with Gasteiger partial charge in [0.25, 0.3) is 0 Å². The topological polar surface area (TPSA) is 194 Å². The molecule has 13 heteroatoms. The molecule has 5 atom stereocenters. The third kappa shape index (κ3) is 11.0. The summed E-state index contributed by atoms with van der Waals surface area (Å²) in [5, 5.41) is 16.7. The van der Waals surface area contributed by atoms with Crippen molar-refractivity contribution in [1.82, 2.24) is 16.0 Å². The number of nitrogens with one attached hydrogen (secondary N) is 3. The Morgan fingerprint density at radius 3 is 2.06 bits per heavy atom. The van der Waals surface area contributed by atoms with Gasteiger partial charge in [-0.1, -0.05) is 20.3 Å². The molecule has 184 valence electrons. The Balaban J connectivity index is 5.24. The highest BCUT2D eigenvalue weighted by Crippen LogP contribution is 2.10. The van der Waals surface area contributed by atoms with Gasteiger partial charge in [0, 0.05) is 12.2 Å². The fourth-order valence-corrected chi connectivity index (χ4v) is 3.36. The van der Waals surface area contributed by atoms with E-state index >= 15 is 0 Å². The molecule has 0 aromatic rings. The van der Waals surface area contributed by atoms with E-state index in [1.807, 2.05) is 13.2 Å². The van der Waals surface area contributed by atoms with Crippen molar-refractivity contribution in [3.8, 4) is 0 Å². The van der Waals surface area contributed by atoms with Gasteiger partial charge in [-0.05, 0) is 30.8 Å². The van der Waals surface area contributed by atoms with E-state index in [0.717, 1.165) is 0 Å². The van der Waals surface area contributed by atoms with Gasteiger partial charge in [-0.15, -0.1) is 0 Å². The van der Waals surface area contributed by atoms with Crippen molar-refractivity contribution in [3.63, 3.8) is 0 Å². The summed E-state index contributed by atoms with van der Waals surface area (Å²) in [5.41, 5.74) is 10.9. The predicted octanol–water partition coefficient (Wildman–Crippen LogP) is -1.15. The normalized spacial score (nSPS) is 15.5. The summed E-state index contributed by atoms with van der Waals surface area (Å²) >= 11 is 5.62. The zero-order valence-electron chi connectivity index (χ0n) is 18.6. The number of aliphatic carboxylic acids is 1. The van der Waals surface area contributed by atoms with E-state index in [4.69, 9.17) is 11.5 Å². The molecule has 0 aromatic carbocycles. The lowest BCUT2D eigenvalue weighted by atomic mass is 9.97. The molecule has 0 fully saturated rings. The smallest absolute Gasteiger partial charge is 0.326 e. The van der Waals surface area contributed by atoms with Crippen molar-refractivity contribution < 1.29 is 29.1 Å². The molecule has 0 aliphatic heterocycles. The molecular weight excluding hydrogens is 458 g/mol. The third-order valence-corrected chi connectivity index (χ3v) is 5.88. The van der Waals surface area contributed by atoms with Crippen molar-refractivity contribution in [2.24, 2.45) is 17.4 Å². The molecule has 0 spiro atoms. The summed E-state index contributed by atoms with van der Waals surface area (Å²) in [6, 6.07) is -4.22. The van der Waals surface area contributed by atoms with Gasteiger partial charge in [-0.3, -0.25) is 19.2 Å². The largest absolute Gasteiger partial charge is 0.480 e. The van der Waals surface area contributed by atoms with E-state index < -0.39 is 53.8 Å². The fraction of sp³-hybridized carbons (Fsp3) is 0.737. The number of carboxylic acid groups (broad SMARTS) is 1. The lowest BCUT2D eigenvalue weighted by Crippen LogP contribution is -2.59. The molecule has 5 unspecified atom stereocenters. The lowest BCUT2D eigenvalue weighted by Gasteiger charge is -2.27. The van der Waals surface area contributed by atoms with Gasteiger partial charge in [0.1, 0.15) is 18.1 Å². The SMILES string of the molecule is CCC(C)C(NC(=O)C(N)CCSC)C(=O)NC(CS)C(=O)NC(CCC(N)=O)C(=O)O. The van der Waals surface area contributed by atoms with Crippen LogP contribution in [-0.2, 0) is 24.0 Å². The molecule has 0 rings (SSSR count). The number of nitrogens with two attached hydrogens (primary N) is 2. The van der Waals surface area contributed by atoms with Gasteiger partial charge in [0.15, 0.2) is 0 Å². The molecule has 0 bridgehead atoms. The van der Waals surface area contributed by atoms with Crippen LogP contribution in [0.1, 0.15) is 39.5 Å². The predicted molar refractivity (Wildman–Crippen MR) is 126 cm³/mol. The van der Waals surface area contributed by atoms with Gasteiger partial charge in [-0.25, -0.2) is 4.79 Å². The van der Waals surface area contributed by atoms with E-state index in [0.29, 0.717) is 18.6 Å². The zero-order chi connectivity index (χ0) is 24.8. The van der Waals surface area contributed by atoms with Crippen molar-refractivity contribution in [2.75, 3.05) is 17.8 Å². The third-order valence-electron chi connectivity index (χ3n) is 4.87. The number of thioether (sulfide) groups is 1. The minimum Gasteiger partial charge on any atom is -0.480 e. The van der Waals surface area contributed by atoms with Crippen LogP contribution in [0.3, 0.4) is 0 Å². The number of carbonyl (C=O) groups excluding carboxylic acids is 4. The molecule has 8 N–H and O–H groups in total. The maximum Gasteiger partial charge on any atom is 0.326 e. The minimum absolute atomic E-state index is 0.117. The monoisotopic (exact) mass is 493 g/mol. The van der Waals surface area contributed by atoms with E-state index in [1.54, 1.807) is 18.7 Å². The van der Waals surface area contributed by atoms with Gasteiger partial charge < -0.3 is 32.5 Å². The fourth-order valence-electron chi connectivity index (χ4n) is 2.61. The summed E-state index contributed by atoms with van der Waals surface area (Å²) in [6.07, 6.45) is 2.50. The second-order valence-electron chi connectivity index (χ2n) is 7.41. The maximum absolute atomic E-state index is 12.9. The van der Waals surface area contributed by atoms with E-state index in [-0.39, 0.29) is 24.5 Å². The number of primary amides is 1. The van der Waals surface area contributed by atoms with Crippen LogP contribution in [0.25, 0.3) is 0 Å². The van der Waals surface area contributed by atoms with Crippen LogP contribution in [-0.4, -0.2) is 76.6 Å². The van der Waals surface area contributed by atoms with Crippen molar-refractivity contribution >= 4 is 54.0 Å². The number of hydrogen-bond donors (Lipinski definition) is 7. The van der Waals surface area contributed by atoms with Crippen LogP contribution in [0, 0.1) is 5.92 Å². The first-order chi connectivity index (χ1) is 15.0. The molecule has 11 nitrogen and oxygen atoms in total. The first-order valence-electron chi connectivity index (χ1n) is 10.3. The summed E-state index contributed by atoms with van der Waals surface area (Å²) < 4.78 is 0. The first-order valence-corrected chi connectivity index (χ1v) is 12.3. The van der Waals surface area contributed by atoms with Crippen molar-refractivity contribution in [1.29, 1.82) is 0 Å². The first kappa shape index (κ1) is 30.0. The lowest BCUT2D eigenvalue weighted by molar-refractivity contribution is -0.142. The van der Waals surface area contributed by atoms with E-state index in [1.165, 1.54) is 0 Å². The highest BCUT2D eigenvalue weighted by atomic mass is 32.2. The van der Waals surface area contributed by atoms with Gasteiger partial charge >= 0.3 is 5.97 Å². The number of amides is 4. The molecule has 0 saturated carbocycles. The Morgan fingerprint density at radius 1 is 1.00 bits per heavy atom. The van der Waals surface area contributed by atoms with Crippen molar-refractivity contribution in [2.45, 2.75) is 63.7 Å². The quantitative estimate of drug-likeness (QED) is 0.131. The van der Waals surface area contributed by atoms with Crippen LogP contribution in [0.2, 0.25) is 0 Å². The molecule has 0 heterocycles. The summed E-state index contributed by atoms with van der Waals surface area (Å²) in [5.74, 6) is -3.58. The molecule has 0 aliphatic carbocycles. The number of thiol groups is 1. The van der Waals surface area contributed by atoms with E-state index in [2.05, 4.69) is 28.6 Å². The zero-order valence-corrected chi connectivity index (χ0v) is 20.3. The molecule has 0 aliphatic rings. The van der Waals surface area contributed by atoms with Crippen LogP contribution in [0.5, 0.6) is 0 Å². The Kier molecular flexibility index (Phi) is 14.8. The van der Waals surface area contributed by atoms with Gasteiger partial charge in [0.2, 0.25) is 23.6 Å². The average Bonchev–Trinajstić information content (AvgIpc) is 2.75. The standard InChI is InChI=1S/C19H35N5O6S2/c1-4-10(2)15(24-16(26)11(20)7-8-32-3)18(28)23-13(9-31)17(27)22-12(19(29)30)5-6-14(21)25/h10-13,15,31H,4-9,20H2,1-3H3,(H2,21,25)(H,22,27)(H,23,28)(H,24,26)(H,29,30). The summed E-state index contributed by atoms with van der Waals surface area (Å²) in [7, 11) is 0. The van der Waals surface area contributed by atoms with E-state index in [9.17, 15) is 29.1 Å². The molecule has 4 amide bonds. The van der Waals surface area contributed by atoms with Crippen LogP contribution < -0.4 is 27.4 Å². The number of rotatable bonds is 16.